The van der Waals surface area contributed by atoms with E-state index in [9.17, 15) is 0 Å². The summed E-state index contributed by atoms with van der Waals surface area (Å²) in [4.78, 5) is 3.09. The van der Waals surface area contributed by atoms with Crippen LogP contribution in [-0.2, 0) is 0 Å². The van der Waals surface area contributed by atoms with E-state index >= 15 is 0 Å². The lowest BCUT2D eigenvalue weighted by Crippen LogP contribution is -1.63. The van der Waals surface area contributed by atoms with E-state index in [2.05, 4.69) is 27.0 Å². The van der Waals surface area contributed by atoms with E-state index in [0.717, 1.165) is 9.99 Å². The Morgan fingerprint density at radius 2 is 2.40 bits per heavy atom. The summed E-state index contributed by atoms with van der Waals surface area (Å²) < 4.78 is 1.10. The highest BCUT2D eigenvalue weighted by atomic mass is 79.9. The molecule has 1 N–H and O–H groups in total. The van der Waals surface area contributed by atoms with E-state index in [1.54, 1.807) is 0 Å². The molecule has 0 saturated heterocycles. The van der Waals surface area contributed by atoms with Gasteiger partial charge in [-0.1, -0.05) is 18.2 Å². The third kappa shape index (κ3) is 0.762. The number of aromatic amines is 1. The monoisotopic (exact) mass is 194 g/mol. The topological polar surface area (TPSA) is 15.8 Å². The van der Waals surface area contributed by atoms with Crippen LogP contribution in [0.2, 0.25) is 0 Å². The molecule has 1 aromatic heterocycles. The zero-order valence-electron chi connectivity index (χ0n) is 5.19. The molecule has 2 rings (SSSR count). The third-order valence-electron chi connectivity index (χ3n) is 1.46. The van der Waals surface area contributed by atoms with Gasteiger partial charge in [-0.2, -0.15) is 0 Å². The third-order valence-corrected chi connectivity index (χ3v) is 2.11. The second kappa shape index (κ2) is 2.13. The lowest BCUT2D eigenvalue weighted by Gasteiger charge is -1.85. The Morgan fingerprint density at radius 3 is 3.20 bits per heavy atom. The number of benzene rings is 1. The van der Waals surface area contributed by atoms with Crippen molar-refractivity contribution in [1.29, 1.82) is 0 Å². The molecular weight excluding hydrogens is 190 g/mol. The molecule has 0 amide bonds. The molecule has 49 valence electrons. The van der Waals surface area contributed by atoms with Crippen molar-refractivity contribution in [3.63, 3.8) is 0 Å². The molecule has 0 unspecified atom stereocenters. The number of para-hydroxylation sites is 1. The molecule has 0 spiro atoms. The predicted octanol–water partition coefficient (Wildman–Crippen LogP) is 2.73. The van der Waals surface area contributed by atoms with Crippen molar-refractivity contribution < 1.29 is 0 Å². The van der Waals surface area contributed by atoms with Crippen molar-refractivity contribution in [2.75, 3.05) is 0 Å². The van der Waals surface area contributed by atoms with E-state index in [1.807, 2.05) is 24.4 Å². The standard InChI is InChI=1S/C8H5BrN/c9-7-5-10-8-4-2-1-3-6(7)8/h1-3,5,10H. The summed E-state index contributed by atoms with van der Waals surface area (Å²) in [5, 5.41) is 1.18. The molecule has 1 aromatic carbocycles. The summed E-state index contributed by atoms with van der Waals surface area (Å²) in [5.74, 6) is 0. The average molecular weight is 195 g/mol. The average Bonchev–Trinajstić information content (AvgIpc) is 2.34. The van der Waals surface area contributed by atoms with Gasteiger partial charge in [-0.15, -0.1) is 0 Å². The highest BCUT2D eigenvalue weighted by molar-refractivity contribution is 9.10. The van der Waals surface area contributed by atoms with Crippen molar-refractivity contribution in [1.82, 2.24) is 4.98 Å². The molecule has 0 fully saturated rings. The van der Waals surface area contributed by atoms with Crippen LogP contribution < -0.4 is 0 Å². The largest absolute Gasteiger partial charge is 0.360 e. The van der Waals surface area contributed by atoms with Crippen LogP contribution in [0.3, 0.4) is 0 Å². The highest BCUT2D eigenvalue weighted by Gasteiger charge is 1.96. The molecule has 2 aromatic rings. The van der Waals surface area contributed by atoms with Crippen molar-refractivity contribution in [3.05, 3.63) is 34.9 Å². The first kappa shape index (κ1) is 5.98. The maximum absolute atomic E-state index is 3.42. The van der Waals surface area contributed by atoms with Gasteiger partial charge in [0.25, 0.3) is 0 Å². The molecule has 0 aliphatic rings. The Balaban J connectivity index is 2.93. The molecule has 1 radical (unpaired) electrons. The summed E-state index contributed by atoms with van der Waals surface area (Å²) in [7, 11) is 0. The fourth-order valence-electron chi connectivity index (χ4n) is 0.969. The van der Waals surface area contributed by atoms with Gasteiger partial charge in [0.15, 0.2) is 0 Å². The summed E-state index contributed by atoms with van der Waals surface area (Å²) >= 11 is 3.42. The number of halogens is 1. The van der Waals surface area contributed by atoms with Crippen LogP contribution in [0, 0.1) is 6.07 Å². The van der Waals surface area contributed by atoms with Crippen molar-refractivity contribution >= 4 is 26.8 Å². The van der Waals surface area contributed by atoms with Crippen LogP contribution in [0.4, 0.5) is 0 Å². The Hall–Kier alpha value is -0.760. The van der Waals surface area contributed by atoms with Crippen molar-refractivity contribution in [2.24, 2.45) is 0 Å². The normalized spacial score (nSPS) is 10.5. The van der Waals surface area contributed by atoms with Gasteiger partial charge in [-0.3, -0.25) is 0 Å². The fourth-order valence-corrected chi connectivity index (χ4v) is 1.41. The SMILES string of the molecule is Brc1c[nH]c2[c]cccc12. The van der Waals surface area contributed by atoms with Crippen LogP contribution in [0.1, 0.15) is 0 Å². The van der Waals surface area contributed by atoms with Gasteiger partial charge in [0.05, 0.1) is 5.52 Å². The Kier molecular flexibility index (Phi) is 1.27. The molecule has 10 heavy (non-hydrogen) atoms. The van der Waals surface area contributed by atoms with Crippen LogP contribution in [0.15, 0.2) is 28.9 Å². The molecule has 1 nitrogen and oxygen atoms in total. The minimum Gasteiger partial charge on any atom is -0.360 e. The lowest BCUT2D eigenvalue weighted by atomic mass is 10.3. The van der Waals surface area contributed by atoms with Gasteiger partial charge < -0.3 is 4.98 Å². The number of H-pyrrole nitrogens is 1. The highest BCUT2D eigenvalue weighted by Crippen LogP contribution is 2.21. The molecule has 2 heteroatoms. The number of nitrogens with one attached hydrogen (secondary N) is 1. The number of fused-ring (bicyclic) bond motifs is 1. The summed E-state index contributed by atoms with van der Waals surface area (Å²) in [6.45, 7) is 0. The molecule has 0 atom stereocenters. The molecule has 1 heterocycles. The number of hydrogen-bond acceptors (Lipinski definition) is 0. The molecule has 0 aliphatic heterocycles. The van der Waals surface area contributed by atoms with E-state index in [4.69, 9.17) is 0 Å². The zero-order chi connectivity index (χ0) is 6.97. The summed E-state index contributed by atoms with van der Waals surface area (Å²) in [6.07, 6.45) is 1.92. The fraction of sp³-hybridized carbons (Fsp3) is 0. The van der Waals surface area contributed by atoms with Crippen molar-refractivity contribution in [3.8, 4) is 0 Å². The smallest absolute Gasteiger partial charge is 0.0546 e. The molecular formula is C8H5BrN. The first-order valence-corrected chi connectivity index (χ1v) is 3.80. The minimum atomic E-state index is 1.05. The van der Waals surface area contributed by atoms with E-state index in [1.165, 1.54) is 5.39 Å². The van der Waals surface area contributed by atoms with Crippen LogP contribution >= 0.6 is 15.9 Å². The second-order valence-corrected chi connectivity index (χ2v) is 2.95. The predicted molar refractivity (Wildman–Crippen MR) is 44.8 cm³/mol. The van der Waals surface area contributed by atoms with Gasteiger partial charge in [-0.05, 0) is 15.9 Å². The lowest BCUT2D eigenvalue weighted by molar-refractivity contribution is 1.46. The van der Waals surface area contributed by atoms with Gasteiger partial charge in [0.1, 0.15) is 0 Å². The van der Waals surface area contributed by atoms with E-state index < -0.39 is 0 Å². The minimum absolute atomic E-state index is 1.05. The summed E-state index contributed by atoms with van der Waals surface area (Å²) in [6, 6.07) is 9.00. The van der Waals surface area contributed by atoms with Crippen LogP contribution in [0.5, 0.6) is 0 Å². The van der Waals surface area contributed by atoms with Gasteiger partial charge in [-0.25, -0.2) is 0 Å². The Bertz CT molecular complexity index is 351. The maximum Gasteiger partial charge on any atom is 0.0546 e. The number of hydrogen-bond donors (Lipinski definition) is 1. The maximum atomic E-state index is 3.42. The molecule has 0 aliphatic carbocycles. The Labute approximate surface area is 67.2 Å². The van der Waals surface area contributed by atoms with Gasteiger partial charge in [0, 0.05) is 22.1 Å². The first-order chi connectivity index (χ1) is 4.88. The zero-order valence-corrected chi connectivity index (χ0v) is 6.77. The van der Waals surface area contributed by atoms with Crippen LogP contribution in [0.25, 0.3) is 10.9 Å². The van der Waals surface area contributed by atoms with E-state index in [-0.39, 0.29) is 0 Å². The Morgan fingerprint density at radius 1 is 1.50 bits per heavy atom. The van der Waals surface area contributed by atoms with Crippen molar-refractivity contribution in [2.45, 2.75) is 0 Å². The number of rotatable bonds is 0. The molecule has 0 bridgehead atoms. The van der Waals surface area contributed by atoms with Gasteiger partial charge in [0.2, 0.25) is 0 Å². The second-order valence-electron chi connectivity index (χ2n) is 2.10. The van der Waals surface area contributed by atoms with Crippen LogP contribution in [-0.4, -0.2) is 4.98 Å². The van der Waals surface area contributed by atoms with Gasteiger partial charge >= 0.3 is 0 Å². The van der Waals surface area contributed by atoms with E-state index in [0.29, 0.717) is 0 Å². The molecule has 0 saturated carbocycles. The summed E-state index contributed by atoms with van der Waals surface area (Å²) in [5.41, 5.74) is 1.05. The quantitative estimate of drug-likeness (QED) is 0.665. The first-order valence-electron chi connectivity index (χ1n) is 3.01. The number of aromatic nitrogens is 1.